The summed E-state index contributed by atoms with van der Waals surface area (Å²) < 4.78 is 0. The molecule has 0 aliphatic carbocycles. The van der Waals surface area contributed by atoms with Crippen LogP contribution in [0.1, 0.15) is 30.6 Å². The molecular formula is C14H16N2O3. The molecule has 100 valence electrons. The average Bonchev–Trinajstić information content (AvgIpc) is 2.44. The van der Waals surface area contributed by atoms with E-state index in [1.807, 2.05) is 6.07 Å². The van der Waals surface area contributed by atoms with Gasteiger partial charge in [0.2, 0.25) is 5.91 Å². The van der Waals surface area contributed by atoms with Crippen molar-refractivity contribution in [3.63, 3.8) is 0 Å². The van der Waals surface area contributed by atoms with Crippen molar-refractivity contribution in [1.82, 2.24) is 0 Å². The molecule has 5 heteroatoms. The Morgan fingerprint density at radius 2 is 1.89 bits per heavy atom. The predicted molar refractivity (Wildman–Crippen MR) is 70.8 cm³/mol. The van der Waals surface area contributed by atoms with E-state index in [2.05, 4.69) is 0 Å². The second-order valence-electron chi connectivity index (χ2n) is 4.51. The van der Waals surface area contributed by atoms with Gasteiger partial charge in [0.05, 0.1) is 11.6 Å². The molecule has 0 bridgehead atoms. The van der Waals surface area contributed by atoms with Gasteiger partial charge in [-0.25, -0.2) is 4.79 Å². The lowest BCUT2D eigenvalue weighted by Crippen LogP contribution is -2.39. The first kappa shape index (κ1) is 14.7. The lowest BCUT2D eigenvalue weighted by molar-refractivity contribution is -0.124. The number of amides is 1. The molecule has 0 heterocycles. The summed E-state index contributed by atoms with van der Waals surface area (Å²) in [5.74, 6) is -1.32. The minimum atomic E-state index is -1.07. The van der Waals surface area contributed by atoms with Gasteiger partial charge in [-0.1, -0.05) is 6.92 Å². The van der Waals surface area contributed by atoms with Crippen molar-refractivity contribution in [2.24, 2.45) is 5.41 Å². The smallest absolute Gasteiger partial charge is 0.335 e. The largest absolute Gasteiger partial charge is 0.478 e. The van der Waals surface area contributed by atoms with E-state index < -0.39 is 11.4 Å². The van der Waals surface area contributed by atoms with Crippen molar-refractivity contribution >= 4 is 17.6 Å². The number of carboxylic acids is 1. The van der Waals surface area contributed by atoms with Crippen molar-refractivity contribution < 1.29 is 14.7 Å². The first-order chi connectivity index (χ1) is 8.85. The van der Waals surface area contributed by atoms with Crippen LogP contribution in [0, 0.1) is 16.7 Å². The standard InChI is InChI=1S/C14H16N2O3/c1-4-14(2,9-15)13(19)16(3)11-7-5-10(6-8-11)12(17)18/h5-8H,4H2,1-3H3,(H,17,18). The number of benzene rings is 1. The molecule has 0 aliphatic rings. The Kier molecular flexibility index (Phi) is 4.28. The Balaban J connectivity index is 3.01. The molecule has 0 spiro atoms. The third-order valence-corrected chi connectivity index (χ3v) is 3.23. The van der Waals surface area contributed by atoms with Gasteiger partial charge in [0.25, 0.3) is 0 Å². The van der Waals surface area contributed by atoms with Gasteiger partial charge >= 0.3 is 5.97 Å². The highest BCUT2D eigenvalue weighted by atomic mass is 16.4. The van der Waals surface area contributed by atoms with Gasteiger partial charge in [0.15, 0.2) is 0 Å². The highest BCUT2D eigenvalue weighted by molar-refractivity contribution is 5.99. The Morgan fingerprint density at radius 1 is 1.37 bits per heavy atom. The maximum Gasteiger partial charge on any atom is 0.335 e. The Hall–Kier alpha value is -2.35. The second-order valence-corrected chi connectivity index (χ2v) is 4.51. The summed E-state index contributed by atoms with van der Waals surface area (Å²) >= 11 is 0. The van der Waals surface area contributed by atoms with Gasteiger partial charge in [0.1, 0.15) is 5.41 Å². The van der Waals surface area contributed by atoms with Crippen LogP contribution in [0.5, 0.6) is 0 Å². The van der Waals surface area contributed by atoms with Crippen LogP contribution in [0.4, 0.5) is 5.69 Å². The molecule has 1 atom stereocenters. The monoisotopic (exact) mass is 260 g/mol. The number of rotatable bonds is 4. The van der Waals surface area contributed by atoms with E-state index in [-0.39, 0.29) is 11.5 Å². The zero-order valence-electron chi connectivity index (χ0n) is 11.2. The van der Waals surface area contributed by atoms with Crippen molar-refractivity contribution in [2.75, 3.05) is 11.9 Å². The molecule has 0 aromatic heterocycles. The van der Waals surface area contributed by atoms with E-state index in [1.54, 1.807) is 33.0 Å². The summed E-state index contributed by atoms with van der Waals surface area (Å²) in [6.45, 7) is 3.37. The molecule has 1 amide bonds. The number of hydrogen-bond donors (Lipinski definition) is 1. The fourth-order valence-electron chi connectivity index (χ4n) is 1.59. The number of nitrogens with zero attached hydrogens (tertiary/aromatic N) is 2. The average molecular weight is 260 g/mol. The van der Waals surface area contributed by atoms with Crippen LogP contribution in [0.3, 0.4) is 0 Å². The number of anilines is 1. The van der Waals surface area contributed by atoms with E-state index in [9.17, 15) is 9.59 Å². The predicted octanol–water partition coefficient (Wildman–Crippen LogP) is 2.29. The van der Waals surface area contributed by atoms with Crippen LogP contribution in [0.2, 0.25) is 0 Å². The van der Waals surface area contributed by atoms with E-state index in [0.29, 0.717) is 12.1 Å². The van der Waals surface area contributed by atoms with Crippen molar-refractivity contribution in [2.45, 2.75) is 20.3 Å². The second kappa shape index (κ2) is 5.53. The van der Waals surface area contributed by atoms with Crippen LogP contribution < -0.4 is 4.90 Å². The molecule has 1 aromatic rings. The lowest BCUT2D eigenvalue weighted by Gasteiger charge is -2.26. The summed E-state index contributed by atoms with van der Waals surface area (Å²) in [7, 11) is 1.57. The summed E-state index contributed by atoms with van der Waals surface area (Å²) in [5.41, 5.74) is -0.353. The van der Waals surface area contributed by atoms with Crippen molar-refractivity contribution in [1.29, 1.82) is 5.26 Å². The van der Waals surface area contributed by atoms with Gasteiger partial charge in [-0.15, -0.1) is 0 Å². The number of carbonyl (C=O) groups excluding carboxylic acids is 1. The maximum absolute atomic E-state index is 12.2. The number of carbonyl (C=O) groups is 2. The van der Waals surface area contributed by atoms with Crippen molar-refractivity contribution in [3.05, 3.63) is 29.8 Å². The van der Waals surface area contributed by atoms with Gasteiger partial charge < -0.3 is 10.0 Å². The lowest BCUT2D eigenvalue weighted by atomic mass is 9.88. The fraction of sp³-hybridized carbons (Fsp3) is 0.357. The van der Waals surface area contributed by atoms with E-state index >= 15 is 0 Å². The summed E-state index contributed by atoms with van der Waals surface area (Å²) in [6, 6.07) is 7.98. The van der Waals surface area contributed by atoms with Crippen LogP contribution in [-0.4, -0.2) is 24.0 Å². The SMILES string of the molecule is CCC(C)(C#N)C(=O)N(C)c1ccc(C(=O)O)cc1. The number of carboxylic acid groups (broad SMARTS) is 1. The zero-order valence-corrected chi connectivity index (χ0v) is 11.2. The first-order valence-electron chi connectivity index (χ1n) is 5.88. The van der Waals surface area contributed by atoms with Crippen LogP contribution in [0.25, 0.3) is 0 Å². The molecule has 1 rings (SSSR count). The van der Waals surface area contributed by atoms with Crippen LogP contribution in [-0.2, 0) is 4.79 Å². The molecule has 0 aliphatic heterocycles. The minimum absolute atomic E-state index is 0.156. The summed E-state index contributed by atoms with van der Waals surface area (Å²) in [5, 5.41) is 17.9. The quantitative estimate of drug-likeness (QED) is 0.900. The molecule has 0 saturated carbocycles. The molecule has 5 nitrogen and oxygen atoms in total. The van der Waals surface area contributed by atoms with E-state index in [1.165, 1.54) is 17.0 Å². The van der Waals surface area contributed by atoms with E-state index in [0.717, 1.165) is 0 Å². The topological polar surface area (TPSA) is 81.4 Å². The van der Waals surface area contributed by atoms with Gasteiger partial charge in [-0.3, -0.25) is 4.79 Å². The molecule has 1 N–H and O–H groups in total. The Morgan fingerprint density at radius 3 is 2.26 bits per heavy atom. The maximum atomic E-state index is 12.2. The number of nitriles is 1. The number of hydrogen-bond acceptors (Lipinski definition) is 3. The normalized spacial score (nSPS) is 13.2. The highest BCUT2D eigenvalue weighted by Crippen LogP contribution is 2.25. The third kappa shape index (κ3) is 2.91. The molecule has 0 saturated heterocycles. The zero-order chi connectivity index (χ0) is 14.6. The molecule has 19 heavy (non-hydrogen) atoms. The van der Waals surface area contributed by atoms with Crippen molar-refractivity contribution in [3.8, 4) is 6.07 Å². The van der Waals surface area contributed by atoms with Gasteiger partial charge in [-0.05, 0) is 37.6 Å². The Bertz CT molecular complexity index is 531. The highest BCUT2D eigenvalue weighted by Gasteiger charge is 2.34. The molecule has 1 unspecified atom stereocenters. The molecule has 0 radical (unpaired) electrons. The number of aromatic carboxylic acids is 1. The summed E-state index contributed by atoms with van der Waals surface area (Å²) in [4.78, 5) is 24.4. The van der Waals surface area contributed by atoms with Gasteiger partial charge in [-0.2, -0.15) is 5.26 Å². The fourth-order valence-corrected chi connectivity index (χ4v) is 1.59. The van der Waals surface area contributed by atoms with Crippen LogP contribution >= 0.6 is 0 Å². The minimum Gasteiger partial charge on any atom is -0.478 e. The Labute approximate surface area is 112 Å². The molecular weight excluding hydrogens is 244 g/mol. The molecule has 1 aromatic carbocycles. The van der Waals surface area contributed by atoms with E-state index in [4.69, 9.17) is 10.4 Å². The summed E-state index contributed by atoms with van der Waals surface area (Å²) in [6.07, 6.45) is 0.417. The van der Waals surface area contributed by atoms with Crippen LogP contribution in [0.15, 0.2) is 24.3 Å². The molecule has 0 fully saturated rings. The van der Waals surface area contributed by atoms with Gasteiger partial charge in [0, 0.05) is 12.7 Å². The third-order valence-electron chi connectivity index (χ3n) is 3.23. The first-order valence-corrected chi connectivity index (χ1v) is 5.88.